The third-order valence-corrected chi connectivity index (χ3v) is 4.15. The molecule has 0 aliphatic carbocycles. The lowest BCUT2D eigenvalue weighted by atomic mass is 10.2. The lowest BCUT2D eigenvalue weighted by Gasteiger charge is -2.10. The quantitative estimate of drug-likeness (QED) is 0.540. The molecule has 0 spiro atoms. The highest BCUT2D eigenvalue weighted by molar-refractivity contribution is 6.33. The Balaban J connectivity index is 2.14. The molecule has 26 heavy (non-hydrogen) atoms. The maximum absolute atomic E-state index is 13.1. The summed E-state index contributed by atoms with van der Waals surface area (Å²) in [6.45, 7) is 1.66. The summed E-state index contributed by atoms with van der Waals surface area (Å²) in [6, 6.07) is 6.31. The normalized spacial score (nSPS) is 12.2. The highest BCUT2D eigenvalue weighted by atomic mass is 35.5. The molecule has 0 saturated heterocycles. The Labute approximate surface area is 148 Å². The molecule has 3 aromatic heterocycles. The number of phenolic OH excluding ortho intramolecular Hbond substituents is 1. The first-order valence-electron chi connectivity index (χ1n) is 7.34. The molecular weight excluding hydrogens is 371 g/mol. The number of rotatable bonds is 1. The number of hydrogen-bond donors (Lipinski definition) is 1. The van der Waals surface area contributed by atoms with Crippen LogP contribution in [-0.4, -0.2) is 29.7 Å². The highest BCUT2D eigenvalue weighted by Crippen LogP contribution is 2.33. The molecule has 0 atom stereocenters. The zero-order valence-corrected chi connectivity index (χ0v) is 13.8. The van der Waals surface area contributed by atoms with Crippen molar-refractivity contribution in [2.24, 2.45) is 0 Å². The SMILES string of the molecule is Cc1nc2ccc(C(F)(F)F)nc2n2c(-c3cc(O)ccc3Cl)nnc12. The second kappa shape index (κ2) is 5.53. The van der Waals surface area contributed by atoms with E-state index in [1.54, 1.807) is 6.92 Å². The van der Waals surface area contributed by atoms with Crippen LogP contribution in [0.1, 0.15) is 11.4 Å². The van der Waals surface area contributed by atoms with Gasteiger partial charge in [-0.05, 0) is 37.3 Å². The average molecular weight is 380 g/mol. The fraction of sp³-hybridized carbons (Fsp3) is 0.125. The molecule has 0 fully saturated rings. The van der Waals surface area contributed by atoms with Crippen molar-refractivity contribution in [3.63, 3.8) is 0 Å². The third-order valence-electron chi connectivity index (χ3n) is 3.82. The number of benzene rings is 1. The smallest absolute Gasteiger partial charge is 0.433 e. The molecule has 0 radical (unpaired) electrons. The first-order chi connectivity index (χ1) is 12.3. The van der Waals surface area contributed by atoms with Gasteiger partial charge in [0.1, 0.15) is 17.0 Å². The van der Waals surface area contributed by atoms with Crippen LogP contribution in [0.15, 0.2) is 30.3 Å². The van der Waals surface area contributed by atoms with Crippen LogP contribution in [0, 0.1) is 6.92 Å². The summed E-state index contributed by atoms with van der Waals surface area (Å²) in [5, 5.41) is 18.0. The molecular formula is C16H9ClF3N5O. The first-order valence-corrected chi connectivity index (χ1v) is 7.72. The average Bonchev–Trinajstić information content (AvgIpc) is 3.02. The number of alkyl halides is 3. The molecule has 1 aromatic carbocycles. The number of hydrogen-bond acceptors (Lipinski definition) is 5. The van der Waals surface area contributed by atoms with Crippen molar-refractivity contribution in [2.45, 2.75) is 13.1 Å². The predicted molar refractivity (Wildman–Crippen MR) is 87.9 cm³/mol. The van der Waals surface area contributed by atoms with E-state index in [1.165, 1.54) is 28.7 Å². The van der Waals surface area contributed by atoms with E-state index in [0.29, 0.717) is 11.3 Å². The van der Waals surface area contributed by atoms with Crippen molar-refractivity contribution >= 4 is 28.4 Å². The number of aromatic hydroxyl groups is 1. The highest BCUT2D eigenvalue weighted by Gasteiger charge is 2.33. The molecule has 3 heterocycles. The molecule has 0 unspecified atom stereocenters. The third kappa shape index (κ3) is 2.51. The van der Waals surface area contributed by atoms with Gasteiger partial charge in [0, 0.05) is 5.56 Å². The van der Waals surface area contributed by atoms with Crippen molar-refractivity contribution in [1.82, 2.24) is 24.6 Å². The van der Waals surface area contributed by atoms with Gasteiger partial charge in [-0.3, -0.25) is 4.40 Å². The van der Waals surface area contributed by atoms with Crippen LogP contribution in [0.25, 0.3) is 28.2 Å². The fourth-order valence-electron chi connectivity index (χ4n) is 2.66. The van der Waals surface area contributed by atoms with Gasteiger partial charge < -0.3 is 5.11 Å². The van der Waals surface area contributed by atoms with Crippen LogP contribution in [-0.2, 0) is 6.18 Å². The summed E-state index contributed by atoms with van der Waals surface area (Å²) < 4.78 is 40.6. The number of fused-ring (bicyclic) bond motifs is 3. The van der Waals surface area contributed by atoms with Crippen molar-refractivity contribution in [3.05, 3.63) is 46.7 Å². The van der Waals surface area contributed by atoms with Gasteiger partial charge >= 0.3 is 6.18 Å². The molecule has 0 bridgehead atoms. The molecule has 0 saturated carbocycles. The Morgan fingerprint density at radius 2 is 1.81 bits per heavy atom. The van der Waals surface area contributed by atoms with Gasteiger partial charge in [-0.25, -0.2) is 9.97 Å². The van der Waals surface area contributed by atoms with E-state index in [9.17, 15) is 18.3 Å². The Morgan fingerprint density at radius 3 is 2.54 bits per heavy atom. The number of aromatic nitrogens is 5. The molecule has 4 aromatic rings. The Bertz CT molecular complexity index is 1170. The molecule has 0 aliphatic heterocycles. The zero-order valence-electron chi connectivity index (χ0n) is 13.1. The van der Waals surface area contributed by atoms with Crippen LogP contribution in [0.3, 0.4) is 0 Å². The molecule has 1 N–H and O–H groups in total. The van der Waals surface area contributed by atoms with Gasteiger partial charge in [0.2, 0.25) is 0 Å². The summed E-state index contributed by atoms with van der Waals surface area (Å²) in [6.07, 6.45) is -4.61. The minimum absolute atomic E-state index is 0.0557. The number of phenols is 1. The second-order valence-corrected chi connectivity index (χ2v) is 5.99. The van der Waals surface area contributed by atoms with E-state index in [4.69, 9.17) is 11.6 Å². The number of nitrogens with zero attached hydrogens (tertiary/aromatic N) is 5. The number of aryl methyl sites for hydroxylation is 1. The lowest BCUT2D eigenvalue weighted by molar-refractivity contribution is -0.141. The first kappa shape index (κ1) is 16.5. The monoisotopic (exact) mass is 379 g/mol. The van der Waals surface area contributed by atoms with Gasteiger partial charge in [-0.1, -0.05) is 11.6 Å². The topological polar surface area (TPSA) is 76.2 Å². The van der Waals surface area contributed by atoms with Gasteiger partial charge in [0.15, 0.2) is 17.1 Å². The van der Waals surface area contributed by atoms with E-state index in [2.05, 4.69) is 20.2 Å². The summed E-state index contributed by atoms with van der Waals surface area (Å²) in [7, 11) is 0. The van der Waals surface area contributed by atoms with Crippen LogP contribution in [0.5, 0.6) is 5.75 Å². The molecule has 4 rings (SSSR count). The van der Waals surface area contributed by atoms with Crippen LogP contribution in [0.4, 0.5) is 13.2 Å². The number of pyridine rings is 1. The molecule has 0 amide bonds. The van der Waals surface area contributed by atoms with Crippen LogP contribution >= 0.6 is 11.6 Å². The minimum atomic E-state index is -4.61. The Morgan fingerprint density at radius 1 is 1.04 bits per heavy atom. The number of halogens is 4. The van der Waals surface area contributed by atoms with Gasteiger partial charge in [0.25, 0.3) is 0 Å². The molecule has 10 heteroatoms. The van der Waals surface area contributed by atoms with Crippen molar-refractivity contribution in [2.75, 3.05) is 0 Å². The molecule has 0 aliphatic rings. The van der Waals surface area contributed by atoms with Crippen molar-refractivity contribution < 1.29 is 18.3 Å². The fourth-order valence-corrected chi connectivity index (χ4v) is 2.86. The Hall–Kier alpha value is -2.94. The summed E-state index contributed by atoms with van der Waals surface area (Å²) in [5.41, 5.74) is 0.164. The second-order valence-electron chi connectivity index (χ2n) is 5.58. The maximum Gasteiger partial charge on any atom is 0.433 e. The summed E-state index contributed by atoms with van der Waals surface area (Å²) in [4.78, 5) is 7.95. The molecule has 132 valence electrons. The van der Waals surface area contributed by atoms with E-state index < -0.39 is 11.9 Å². The standard InChI is InChI=1S/C16H9ClF3N5O/c1-7-13-23-24-14(9-6-8(26)2-3-10(9)17)25(13)15-11(21-7)4-5-12(22-15)16(18,19)20/h2-6,26H,1H3. The van der Waals surface area contributed by atoms with Gasteiger partial charge in [-0.2, -0.15) is 13.2 Å². The van der Waals surface area contributed by atoms with Crippen molar-refractivity contribution in [1.29, 1.82) is 0 Å². The predicted octanol–water partition coefficient (Wildman–Crippen LogP) is 4.03. The zero-order chi connectivity index (χ0) is 18.6. The summed E-state index contributed by atoms with van der Waals surface area (Å²) in [5.74, 6) is 0.0865. The van der Waals surface area contributed by atoms with Gasteiger partial charge in [-0.15, -0.1) is 10.2 Å². The van der Waals surface area contributed by atoms with E-state index in [1.807, 2.05) is 0 Å². The largest absolute Gasteiger partial charge is 0.508 e. The minimum Gasteiger partial charge on any atom is -0.508 e. The lowest BCUT2D eigenvalue weighted by Crippen LogP contribution is -2.10. The maximum atomic E-state index is 13.1. The van der Waals surface area contributed by atoms with E-state index in [-0.39, 0.29) is 33.4 Å². The van der Waals surface area contributed by atoms with Crippen LogP contribution < -0.4 is 0 Å². The van der Waals surface area contributed by atoms with E-state index >= 15 is 0 Å². The van der Waals surface area contributed by atoms with E-state index in [0.717, 1.165) is 6.07 Å². The van der Waals surface area contributed by atoms with Gasteiger partial charge in [0.05, 0.1) is 10.7 Å². The van der Waals surface area contributed by atoms with Crippen LogP contribution in [0.2, 0.25) is 5.02 Å². The Kier molecular flexibility index (Phi) is 3.52. The summed E-state index contributed by atoms with van der Waals surface area (Å²) >= 11 is 6.17. The van der Waals surface area contributed by atoms with Crippen molar-refractivity contribution in [3.8, 4) is 17.1 Å². The molecule has 6 nitrogen and oxygen atoms in total.